The highest BCUT2D eigenvalue weighted by Gasteiger charge is 2.39. The maximum absolute atomic E-state index is 13.4. The first-order chi connectivity index (χ1) is 14.8. The van der Waals surface area contributed by atoms with E-state index in [0.717, 1.165) is 17.7 Å². The molecule has 31 heavy (non-hydrogen) atoms. The van der Waals surface area contributed by atoms with Gasteiger partial charge >= 0.3 is 0 Å². The SMILES string of the molecule is CNc1nc(C2CCCN2S(=O)(=O)c2ccc(OC)cc2)nc2c1CCN(C(C)=O)C2. The quantitative estimate of drug-likeness (QED) is 0.750. The highest BCUT2D eigenvalue weighted by molar-refractivity contribution is 7.89. The fraction of sp³-hybridized carbons (Fsp3) is 0.476. The van der Waals surface area contributed by atoms with Gasteiger partial charge in [-0.25, -0.2) is 18.4 Å². The van der Waals surface area contributed by atoms with Crippen molar-refractivity contribution in [2.75, 3.05) is 32.6 Å². The zero-order valence-electron chi connectivity index (χ0n) is 18.0. The summed E-state index contributed by atoms with van der Waals surface area (Å²) in [5, 5.41) is 3.12. The number of nitrogens with one attached hydrogen (secondary N) is 1. The van der Waals surface area contributed by atoms with Crippen molar-refractivity contribution in [2.24, 2.45) is 0 Å². The van der Waals surface area contributed by atoms with E-state index in [1.54, 1.807) is 50.2 Å². The van der Waals surface area contributed by atoms with Crippen LogP contribution in [0.2, 0.25) is 0 Å². The third kappa shape index (κ3) is 3.97. The number of hydrogen-bond acceptors (Lipinski definition) is 7. The molecule has 0 radical (unpaired) electrons. The van der Waals surface area contributed by atoms with Crippen molar-refractivity contribution in [1.82, 2.24) is 19.2 Å². The van der Waals surface area contributed by atoms with Gasteiger partial charge in [-0.15, -0.1) is 0 Å². The molecule has 4 rings (SSSR count). The van der Waals surface area contributed by atoms with Gasteiger partial charge in [-0.05, 0) is 43.5 Å². The van der Waals surface area contributed by atoms with Crippen LogP contribution >= 0.6 is 0 Å². The van der Waals surface area contributed by atoms with Crippen molar-refractivity contribution in [3.63, 3.8) is 0 Å². The van der Waals surface area contributed by atoms with Gasteiger partial charge < -0.3 is 15.0 Å². The Kier molecular flexibility index (Phi) is 5.85. The molecule has 1 amide bonds. The van der Waals surface area contributed by atoms with Crippen LogP contribution in [0.3, 0.4) is 0 Å². The molecule has 9 nitrogen and oxygen atoms in total. The van der Waals surface area contributed by atoms with Gasteiger partial charge in [0.1, 0.15) is 17.4 Å². The van der Waals surface area contributed by atoms with Gasteiger partial charge in [0.25, 0.3) is 0 Å². The molecule has 0 bridgehead atoms. The molecular weight excluding hydrogens is 418 g/mol. The summed E-state index contributed by atoms with van der Waals surface area (Å²) in [5.74, 6) is 1.78. The molecule has 1 N–H and O–H groups in total. The van der Waals surface area contributed by atoms with Crippen molar-refractivity contribution in [1.29, 1.82) is 0 Å². The summed E-state index contributed by atoms with van der Waals surface area (Å²) in [7, 11) is -0.376. The Morgan fingerprint density at radius 3 is 2.58 bits per heavy atom. The van der Waals surface area contributed by atoms with Gasteiger partial charge in [-0.3, -0.25) is 4.79 Å². The fourth-order valence-corrected chi connectivity index (χ4v) is 5.90. The summed E-state index contributed by atoms with van der Waals surface area (Å²) >= 11 is 0. The second kappa shape index (κ2) is 8.43. The van der Waals surface area contributed by atoms with Crippen molar-refractivity contribution < 1.29 is 17.9 Å². The zero-order chi connectivity index (χ0) is 22.2. The lowest BCUT2D eigenvalue weighted by atomic mass is 10.0. The standard InChI is InChI=1S/C21H27N5O4S/c1-14(27)25-12-10-17-18(13-25)23-21(24-20(17)22-2)19-5-4-11-26(19)31(28,29)16-8-6-15(30-3)7-9-16/h6-9,19H,4-5,10-13H2,1-3H3,(H,22,23,24). The number of hydrogen-bond donors (Lipinski definition) is 1. The first-order valence-electron chi connectivity index (χ1n) is 10.3. The molecule has 1 atom stereocenters. The van der Waals surface area contributed by atoms with E-state index in [1.165, 1.54) is 4.31 Å². The molecule has 2 aliphatic rings. The van der Waals surface area contributed by atoms with Gasteiger partial charge in [-0.2, -0.15) is 4.31 Å². The van der Waals surface area contributed by atoms with Crippen LogP contribution in [0.4, 0.5) is 5.82 Å². The average Bonchev–Trinajstić information content (AvgIpc) is 3.29. The second-order valence-corrected chi connectivity index (χ2v) is 9.64. The second-order valence-electron chi connectivity index (χ2n) is 7.75. The summed E-state index contributed by atoms with van der Waals surface area (Å²) in [6, 6.07) is 5.95. The molecular formula is C21H27N5O4S. The van der Waals surface area contributed by atoms with E-state index in [1.807, 2.05) is 0 Å². The number of aromatic nitrogens is 2. The minimum Gasteiger partial charge on any atom is -0.497 e. The number of rotatable bonds is 5. The number of ether oxygens (including phenoxy) is 1. The lowest BCUT2D eigenvalue weighted by molar-refractivity contribution is -0.129. The van der Waals surface area contributed by atoms with Gasteiger partial charge in [0.15, 0.2) is 0 Å². The van der Waals surface area contributed by atoms with Crippen molar-refractivity contribution in [2.45, 2.75) is 43.7 Å². The Morgan fingerprint density at radius 1 is 1.19 bits per heavy atom. The Bertz CT molecular complexity index is 1090. The van der Waals surface area contributed by atoms with E-state index in [-0.39, 0.29) is 10.8 Å². The Labute approximate surface area is 182 Å². The first kappa shape index (κ1) is 21.5. The number of fused-ring (bicyclic) bond motifs is 1. The molecule has 0 spiro atoms. The number of carbonyl (C=O) groups excluding carboxylic acids is 1. The van der Waals surface area contributed by atoms with Gasteiger partial charge in [0.2, 0.25) is 15.9 Å². The number of amides is 1. The Morgan fingerprint density at radius 2 is 1.94 bits per heavy atom. The summed E-state index contributed by atoms with van der Waals surface area (Å²) in [6.07, 6.45) is 2.05. The minimum absolute atomic E-state index is 0.00129. The molecule has 166 valence electrons. The maximum Gasteiger partial charge on any atom is 0.243 e. The normalized spacial score (nSPS) is 19.2. The smallest absolute Gasteiger partial charge is 0.243 e. The van der Waals surface area contributed by atoms with Crippen LogP contribution in [-0.4, -0.2) is 60.7 Å². The van der Waals surface area contributed by atoms with Gasteiger partial charge in [0.05, 0.1) is 30.3 Å². The Hall–Kier alpha value is -2.72. The highest BCUT2D eigenvalue weighted by atomic mass is 32.2. The third-order valence-electron chi connectivity index (χ3n) is 5.93. The third-order valence-corrected chi connectivity index (χ3v) is 7.85. The van der Waals surface area contributed by atoms with Crippen LogP contribution in [0.1, 0.15) is 42.9 Å². The summed E-state index contributed by atoms with van der Waals surface area (Å²) in [4.78, 5) is 23.3. The molecule has 1 unspecified atom stereocenters. The first-order valence-corrected chi connectivity index (χ1v) is 11.8. The molecule has 0 saturated carbocycles. The molecule has 10 heteroatoms. The molecule has 2 aromatic rings. The van der Waals surface area contributed by atoms with E-state index in [9.17, 15) is 13.2 Å². The number of benzene rings is 1. The van der Waals surface area contributed by atoms with E-state index in [4.69, 9.17) is 9.72 Å². The fourth-order valence-electron chi connectivity index (χ4n) is 4.24. The zero-order valence-corrected chi connectivity index (χ0v) is 18.8. The lowest BCUT2D eigenvalue weighted by Gasteiger charge is -2.30. The highest BCUT2D eigenvalue weighted by Crippen LogP contribution is 2.37. The van der Waals surface area contributed by atoms with Crippen molar-refractivity contribution in [3.8, 4) is 5.75 Å². The van der Waals surface area contributed by atoms with Crippen LogP contribution in [0.15, 0.2) is 29.2 Å². The summed E-state index contributed by atoms with van der Waals surface area (Å²) in [5.41, 5.74) is 1.77. The van der Waals surface area contributed by atoms with Gasteiger partial charge in [0, 0.05) is 32.6 Å². The summed E-state index contributed by atoms with van der Waals surface area (Å²) in [6.45, 7) is 2.99. The number of anilines is 1. The van der Waals surface area contributed by atoms with Gasteiger partial charge in [-0.1, -0.05) is 0 Å². The lowest BCUT2D eigenvalue weighted by Crippen LogP contribution is -2.36. The van der Waals surface area contributed by atoms with Crippen LogP contribution in [0, 0.1) is 0 Å². The van der Waals surface area contributed by atoms with Crippen LogP contribution in [0.25, 0.3) is 0 Å². The van der Waals surface area contributed by atoms with Crippen LogP contribution in [0.5, 0.6) is 5.75 Å². The number of methoxy groups -OCH3 is 1. The molecule has 1 aromatic heterocycles. The molecule has 1 fully saturated rings. The molecule has 1 aromatic carbocycles. The molecule has 3 heterocycles. The number of carbonyl (C=O) groups is 1. The maximum atomic E-state index is 13.4. The van der Waals surface area contributed by atoms with E-state index < -0.39 is 16.1 Å². The van der Waals surface area contributed by atoms with Crippen LogP contribution < -0.4 is 10.1 Å². The topological polar surface area (TPSA) is 105 Å². The minimum atomic E-state index is -3.71. The predicted molar refractivity (Wildman–Crippen MR) is 115 cm³/mol. The summed E-state index contributed by atoms with van der Waals surface area (Å²) < 4.78 is 33.4. The number of sulfonamides is 1. The average molecular weight is 446 g/mol. The van der Waals surface area contributed by atoms with E-state index in [0.29, 0.717) is 49.9 Å². The Balaban J connectivity index is 1.70. The molecule has 0 aliphatic carbocycles. The molecule has 1 saturated heterocycles. The van der Waals surface area contributed by atoms with Crippen LogP contribution in [-0.2, 0) is 27.8 Å². The van der Waals surface area contributed by atoms with E-state index >= 15 is 0 Å². The van der Waals surface area contributed by atoms with Crippen molar-refractivity contribution in [3.05, 3.63) is 41.3 Å². The number of nitrogens with zero attached hydrogens (tertiary/aromatic N) is 4. The predicted octanol–water partition coefficient (Wildman–Crippen LogP) is 1.96. The molecule has 2 aliphatic heterocycles. The largest absolute Gasteiger partial charge is 0.497 e. The van der Waals surface area contributed by atoms with E-state index in [2.05, 4.69) is 10.3 Å². The monoisotopic (exact) mass is 445 g/mol. The van der Waals surface area contributed by atoms with Crippen molar-refractivity contribution >= 4 is 21.7 Å².